The first kappa shape index (κ1) is 12.1. The number of carbonyl (C=O) groups excluding carboxylic acids is 3. The van der Waals surface area contributed by atoms with Gasteiger partial charge in [0.1, 0.15) is 5.69 Å². The largest absolute Gasteiger partial charge is 0.341 e. The lowest BCUT2D eigenvalue weighted by Crippen LogP contribution is -2.24. The Bertz CT molecular complexity index is 721. The number of imidazole rings is 1. The Hall–Kier alpha value is -2.96. The molecule has 0 bridgehead atoms. The van der Waals surface area contributed by atoms with Crippen molar-refractivity contribution in [2.45, 2.75) is 0 Å². The number of aromatic amines is 1. The van der Waals surface area contributed by atoms with Gasteiger partial charge in [-0.05, 0) is 18.2 Å². The van der Waals surface area contributed by atoms with Crippen LogP contribution in [-0.4, -0.2) is 39.6 Å². The summed E-state index contributed by atoms with van der Waals surface area (Å²) in [4.78, 5) is 42.9. The van der Waals surface area contributed by atoms with Crippen molar-refractivity contribution in [1.82, 2.24) is 14.9 Å². The molecular weight excluding hydrogens is 260 g/mol. The number of benzene rings is 1. The molecule has 0 atom stereocenters. The number of hydrogen-bond acceptors (Lipinski definition) is 4. The van der Waals surface area contributed by atoms with Gasteiger partial charge < -0.3 is 10.3 Å². The molecule has 100 valence electrons. The van der Waals surface area contributed by atoms with E-state index in [2.05, 4.69) is 15.3 Å². The van der Waals surface area contributed by atoms with E-state index in [9.17, 15) is 14.4 Å². The highest BCUT2D eigenvalue weighted by Gasteiger charge is 2.32. The Kier molecular flexibility index (Phi) is 2.60. The minimum atomic E-state index is -0.373. The second-order valence-corrected chi connectivity index (χ2v) is 4.35. The Morgan fingerprint density at radius 1 is 1.25 bits per heavy atom. The monoisotopic (exact) mass is 270 g/mol. The van der Waals surface area contributed by atoms with E-state index in [0.29, 0.717) is 22.5 Å². The van der Waals surface area contributed by atoms with Gasteiger partial charge >= 0.3 is 0 Å². The molecule has 1 aliphatic rings. The van der Waals surface area contributed by atoms with Crippen molar-refractivity contribution in [2.24, 2.45) is 0 Å². The number of imide groups is 1. The highest BCUT2D eigenvalue weighted by atomic mass is 16.2. The maximum Gasteiger partial charge on any atom is 0.273 e. The van der Waals surface area contributed by atoms with Gasteiger partial charge in [0.25, 0.3) is 17.7 Å². The van der Waals surface area contributed by atoms with Crippen molar-refractivity contribution in [3.8, 4) is 0 Å². The quantitative estimate of drug-likeness (QED) is 0.792. The highest BCUT2D eigenvalue weighted by Crippen LogP contribution is 2.24. The molecule has 2 N–H and O–H groups in total. The van der Waals surface area contributed by atoms with Crippen LogP contribution < -0.4 is 5.32 Å². The molecule has 0 unspecified atom stereocenters. The Labute approximate surface area is 113 Å². The summed E-state index contributed by atoms with van der Waals surface area (Å²) in [6.45, 7) is 0. The van der Waals surface area contributed by atoms with Gasteiger partial charge in [-0.2, -0.15) is 0 Å². The molecule has 0 fully saturated rings. The van der Waals surface area contributed by atoms with Crippen molar-refractivity contribution in [2.75, 3.05) is 12.4 Å². The summed E-state index contributed by atoms with van der Waals surface area (Å²) in [6.07, 6.45) is 2.79. The van der Waals surface area contributed by atoms with Crippen molar-refractivity contribution in [3.05, 3.63) is 47.5 Å². The van der Waals surface area contributed by atoms with E-state index in [1.165, 1.54) is 31.7 Å². The Balaban J connectivity index is 1.89. The summed E-state index contributed by atoms with van der Waals surface area (Å²) in [5.41, 5.74) is 1.39. The lowest BCUT2D eigenvalue weighted by atomic mass is 10.1. The van der Waals surface area contributed by atoms with Crippen LogP contribution in [0.5, 0.6) is 0 Å². The van der Waals surface area contributed by atoms with E-state index in [1.807, 2.05) is 0 Å². The zero-order valence-corrected chi connectivity index (χ0v) is 10.5. The average Bonchev–Trinajstić information content (AvgIpc) is 3.04. The molecule has 1 aromatic heterocycles. The zero-order chi connectivity index (χ0) is 14.3. The molecule has 1 aromatic carbocycles. The van der Waals surface area contributed by atoms with Crippen molar-refractivity contribution in [1.29, 1.82) is 0 Å². The maximum absolute atomic E-state index is 11.8. The number of H-pyrrole nitrogens is 1. The van der Waals surface area contributed by atoms with Gasteiger partial charge in [0.2, 0.25) is 0 Å². The van der Waals surface area contributed by atoms with Crippen LogP contribution in [0.4, 0.5) is 5.69 Å². The molecule has 0 saturated carbocycles. The molecule has 20 heavy (non-hydrogen) atoms. The van der Waals surface area contributed by atoms with E-state index in [1.54, 1.807) is 6.07 Å². The second-order valence-electron chi connectivity index (χ2n) is 4.35. The highest BCUT2D eigenvalue weighted by molar-refractivity contribution is 6.21. The molecule has 3 rings (SSSR count). The van der Waals surface area contributed by atoms with Crippen LogP contribution >= 0.6 is 0 Å². The lowest BCUT2D eigenvalue weighted by Gasteiger charge is -2.04. The SMILES string of the molecule is CN1C(=O)c2ccc(NC(=O)c3cnc[nH]3)cc2C1=O. The minimum Gasteiger partial charge on any atom is -0.341 e. The van der Waals surface area contributed by atoms with Crippen LogP contribution in [0, 0.1) is 0 Å². The molecule has 0 spiro atoms. The molecule has 3 amide bonds. The maximum atomic E-state index is 11.8. The number of fused-ring (bicyclic) bond motifs is 1. The number of rotatable bonds is 2. The predicted octanol–water partition coefficient (Wildman–Crippen LogP) is 0.888. The minimum absolute atomic E-state index is 0.292. The molecular formula is C13H10N4O3. The molecule has 2 aromatic rings. The number of anilines is 1. The molecule has 0 radical (unpaired) electrons. The smallest absolute Gasteiger partial charge is 0.273 e. The molecule has 7 heteroatoms. The predicted molar refractivity (Wildman–Crippen MR) is 69.4 cm³/mol. The summed E-state index contributed by atoms with van der Waals surface area (Å²) in [5.74, 6) is -1.08. The van der Waals surface area contributed by atoms with Crippen LogP contribution in [-0.2, 0) is 0 Å². The normalized spacial score (nSPS) is 13.6. The molecule has 7 nitrogen and oxygen atoms in total. The van der Waals surface area contributed by atoms with Crippen molar-refractivity contribution < 1.29 is 14.4 Å². The molecule has 1 aliphatic heterocycles. The van der Waals surface area contributed by atoms with Gasteiger partial charge in [-0.3, -0.25) is 19.3 Å². The summed E-state index contributed by atoms with van der Waals surface area (Å²) in [7, 11) is 1.42. The third-order valence-corrected chi connectivity index (χ3v) is 3.09. The summed E-state index contributed by atoms with van der Waals surface area (Å²) in [5, 5.41) is 2.63. The van der Waals surface area contributed by atoms with Gasteiger partial charge in [0.15, 0.2) is 0 Å². The van der Waals surface area contributed by atoms with Gasteiger partial charge in [-0.15, -0.1) is 0 Å². The Morgan fingerprint density at radius 2 is 2.00 bits per heavy atom. The van der Waals surface area contributed by atoms with E-state index in [4.69, 9.17) is 0 Å². The van der Waals surface area contributed by atoms with E-state index in [0.717, 1.165) is 4.90 Å². The first-order valence-electron chi connectivity index (χ1n) is 5.84. The standard InChI is InChI=1S/C13H10N4O3/c1-17-12(19)8-3-2-7(4-9(8)13(17)20)16-11(18)10-5-14-6-15-10/h2-6H,1H3,(H,14,15)(H,16,18). The van der Waals surface area contributed by atoms with Crippen LogP contribution in [0.15, 0.2) is 30.7 Å². The molecule has 2 heterocycles. The average molecular weight is 270 g/mol. The van der Waals surface area contributed by atoms with Crippen LogP contribution in [0.1, 0.15) is 31.2 Å². The van der Waals surface area contributed by atoms with Gasteiger partial charge in [0.05, 0.1) is 23.7 Å². The second kappa shape index (κ2) is 4.30. The Morgan fingerprint density at radius 3 is 2.70 bits per heavy atom. The number of nitrogens with one attached hydrogen (secondary N) is 2. The van der Waals surface area contributed by atoms with E-state index in [-0.39, 0.29) is 17.7 Å². The summed E-state index contributed by atoms with van der Waals surface area (Å²) >= 11 is 0. The van der Waals surface area contributed by atoms with E-state index >= 15 is 0 Å². The number of carbonyl (C=O) groups is 3. The van der Waals surface area contributed by atoms with Crippen LogP contribution in [0.3, 0.4) is 0 Å². The first-order chi connectivity index (χ1) is 9.58. The zero-order valence-electron chi connectivity index (χ0n) is 10.5. The summed E-state index contributed by atoms with van der Waals surface area (Å²) < 4.78 is 0. The van der Waals surface area contributed by atoms with Crippen LogP contribution in [0.2, 0.25) is 0 Å². The van der Waals surface area contributed by atoms with Gasteiger partial charge in [0, 0.05) is 12.7 Å². The fraction of sp³-hybridized carbons (Fsp3) is 0.0769. The third kappa shape index (κ3) is 1.76. The number of hydrogen-bond donors (Lipinski definition) is 2. The summed E-state index contributed by atoms with van der Waals surface area (Å²) in [6, 6.07) is 4.60. The van der Waals surface area contributed by atoms with Crippen LogP contribution in [0.25, 0.3) is 0 Å². The van der Waals surface area contributed by atoms with Gasteiger partial charge in [-0.1, -0.05) is 0 Å². The van der Waals surface area contributed by atoms with E-state index < -0.39 is 0 Å². The van der Waals surface area contributed by atoms with Gasteiger partial charge in [-0.25, -0.2) is 4.98 Å². The fourth-order valence-corrected chi connectivity index (χ4v) is 2.02. The third-order valence-electron chi connectivity index (χ3n) is 3.09. The van der Waals surface area contributed by atoms with Crippen molar-refractivity contribution in [3.63, 3.8) is 0 Å². The lowest BCUT2D eigenvalue weighted by molar-refractivity contribution is 0.0692. The number of nitrogens with zero attached hydrogens (tertiary/aromatic N) is 2. The first-order valence-corrected chi connectivity index (χ1v) is 5.84. The topological polar surface area (TPSA) is 95.2 Å². The molecule has 0 saturated heterocycles. The van der Waals surface area contributed by atoms with Crippen molar-refractivity contribution >= 4 is 23.4 Å². The fourth-order valence-electron chi connectivity index (χ4n) is 2.02. The number of amides is 3. The number of aromatic nitrogens is 2. The molecule has 0 aliphatic carbocycles.